The molecule has 0 atom stereocenters. The van der Waals surface area contributed by atoms with E-state index in [9.17, 15) is 9.59 Å². The van der Waals surface area contributed by atoms with Crippen LogP contribution in [-0.4, -0.2) is 36.4 Å². The van der Waals surface area contributed by atoms with E-state index >= 15 is 0 Å². The minimum atomic E-state index is -0.234. The zero-order valence-electron chi connectivity index (χ0n) is 10.7. The molecule has 4 nitrogen and oxygen atoms in total. The fourth-order valence-corrected chi connectivity index (χ4v) is 2.75. The van der Waals surface area contributed by atoms with E-state index in [1.807, 2.05) is 30.3 Å². The Bertz CT molecular complexity index is 432. The van der Waals surface area contributed by atoms with E-state index in [0.29, 0.717) is 11.7 Å². The lowest BCUT2D eigenvalue weighted by Crippen LogP contribution is -2.43. The molecule has 0 aromatic heterocycles. The molecule has 102 valence electrons. The second-order valence-corrected chi connectivity index (χ2v) is 5.70. The number of imide groups is 1. The molecule has 5 heteroatoms. The van der Waals surface area contributed by atoms with Crippen LogP contribution >= 0.6 is 11.8 Å². The minimum absolute atomic E-state index is 0.196. The first kappa shape index (κ1) is 14.1. The lowest BCUT2D eigenvalue weighted by molar-refractivity contribution is -0.128. The topological polar surface area (TPSA) is 58.2 Å². The third-order valence-corrected chi connectivity index (χ3v) is 4.11. The number of hydrogen-bond donors (Lipinski definition) is 2. The summed E-state index contributed by atoms with van der Waals surface area (Å²) in [5, 5.41) is 5.61. The van der Waals surface area contributed by atoms with Crippen molar-refractivity contribution in [2.75, 3.05) is 24.6 Å². The van der Waals surface area contributed by atoms with Gasteiger partial charge in [-0.3, -0.25) is 14.9 Å². The number of amides is 2. The maximum atomic E-state index is 11.6. The van der Waals surface area contributed by atoms with Crippen molar-refractivity contribution >= 4 is 23.6 Å². The number of benzene rings is 1. The average molecular weight is 278 g/mol. The van der Waals surface area contributed by atoms with Crippen LogP contribution in [0.4, 0.5) is 0 Å². The summed E-state index contributed by atoms with van der Waals surface area (Å²) in [6.07, 6.45) is 0.254. The zero-order valence-corrected chi connectivity index (χ0v) is 11.5. The summed E-state index contributed by atoms with van der Waals surface area (Å²) in [5.74, 6) is 1.59. The third-order valence-electron chi connectivity index (χ3n) is 2.94. The predicted octanol–water partition coefficient (Wildman–Crippen LogP) is 0.824. The lowest BCUT2D eigenvalue weighted by Gasteiger charge is -2.26. The normalized spacial score (nSPS) is 14.7. The molecule has 2 N–H and O–H groups in total. The van der Waals surface area contributed by atoms with Crippen LogP contribution in [0.3, 0.4) is 0 Å². The molecular weight excluding hydrogens is 260 g/mol. The Hall–Kier alpha value is -1.33. The van der Waals surface area contributed by atoms with Crippen molar-refractivity contribution in [2.45, 2.75) is 6.42 Å². The largest absolute Gasteiger partial charge is 0.316 e. The van der Waals surface area contributed by atoms with Crippen LogP contribution in [0.5, 0.6) is 0 Å². The maximum absolute atomic E-state index is 11.6. The lowest BCUT2D eigenvalue weighted by atomic mass is 10.1. The van der Waals surface area contributed by atoms with Gasteiger partial charge < -0.3 is 5.32 Å². The summed E-state index contributed by atoms with van der Waals surface area (Å²) in [6, 6.07) is 9.42. The van der Waals surface area contributed by atoms with Gasteiger partial charge in [0.15, 0.2) is 0 Å². The van der Waals surface area contributed by atoms with Crippen LogP contribution in [-0.2, 0) is 16.0 Å². The smallest absolute Gasteiger partial charge is 0.236 e. The van der Waals surface area contributed by atoms with E-state index in [0.717, 1.165) is 24.4 Å². The van der Waals surface area contributed by atoms with Gasteiger partial charge in [0.1, 0.15) is 0 Å². The van der Waals surface area contributed by atoms with Crippen molar-refractivity contribution in [2.24, 2.45) is 5.92 Å². The molecule has 1 aliphatic rings. The van der Waals surface area contributed by atoms with Crippen molar-refractivity contribution in [3.05, 3.63) is 35.9 Å². The van der Waals surface area contributed by atoms with Gasteiger partial charge in [0.05, 0.1) is 12.2 Å². The summed E-state index contributed by atoms with van der Waals surface area (Å²) < 4.78 is 0. The summed E-state index contributed by atoms with van der Waals surface area (Å²) in [4.78, 5) is 23.2. The molecule has 0 unspecified atom stereocenters. The highest BCUT2D eigenvalue weighted by Gasteiger charge is 2.17. The van der Waals surface area contributed by atoms with Crippen molar-refractivity contribution in [1.82, 2.24) is 10.6 Å². The molecule has 0 saturated carbocycles. The van der Waals surface area contributed by atoms with E-state index < -0.39 is 0 Å². The molecule has 1 saturated heterocycles. The summed E-state index contributed by atoms with van der Waals surface area (Å²) >= 11 is 1.59. The van der Waals surface area contributed by atoms with Crippen molar-refractivity contribution in [3.8, 4) is 0 Å². The van der Waals surface area contributed by atoms with Crippen LogP contribution in [0.2, 0.25) is 0 Å². The fourth-order valence-electron chi connectivity index (χ4n) is 1.80. The average Bonchev–Trinajstić information content (AvgIpc) is 2.33. The zero-order chi connectivity index (χ0) is 13.5. The van der Waals surface area contributed by atoms with Crippen molar-refractivity contribution in [3.63, 3.8) is 0 Å². The summed E-state index contributed by atoms with van der Waals surface area (Å²) in [5.41, 5.74) is 0.918. The van der Waals surface area contributed by atoms with Gasteiger partial charge >= 0.3 is 0 Å². The Labute approximate surface area is 117 Å². The monoisotopic (exact) mass is 278 g/mol. The standard InChI is InChI=1S/C14H18N2O2S/c17-13(6-11-4-2-1-3-5-11)16-14(18)10-19-9-12-7-15-8-12/h1-5,12,15H,6-10H2,(H,16,17,18). The molecular formula is C14H18N2O2S. The van der Waals surface area contributed by atoms with E-state index in [4.69, 9.17) is 0 Å². The Morgan fingerprint density at radius 2 is 1.95 bits per heavy atom. The second-order valence-electron chi connectivity index (χ2n) is 4.67. The van der Waals surface area contributed by atoms with E-state index in [-0.39, 0.29) is 18.2 Å². The van der Waals surface area contributed by atoms with Crippen LogP contribution in [0.15, 0.2) is 30.3 Å². The van der Waals surface area contributed by atoms with Gasteiger partial charge in [-0.05, 0) is 30.3 Å². The number of rotatable bonds is 6. The van der Waals surface area contributed by atoms with E-state index in [2.05, 4.69) is 10.6 Å². The molecule has 1 aliphatic heterocycles. The molecule has 0 aliphatic carbocycles. The first-order chi connectivity index (χ1) is 9.24. The molecule has 1 aromatic carbocycles. The highest BCUT2D eigenvalue weighted by Crippen LogP contribution is 2.11. The SMILES string of the molecule is O=C(CSCC1CNC1)NC(=O)Cc1ccccc1. The molecule has 0 bridgehead atoms. The van der Waals surface area contributed by atoms with Gasteiger partial charge in [-0.1, -0.05) is 30.3 Å². The maximum Gasteiger partial charge on any atom is 0.236 e. The fraction of sp³-hybridized carbons (Fsp3) is 0.429. The number of carbonyl (C=O) groups excluding carboxylic acids is 2. The molecule has 1 aromatic rings. The number of carbonyl (C=O) groups is 2. The van der Waals surface area contributed by atoms with Crippen LogP contribution in [0.25, 0.3) is 0 Å². The quantitative estimate of drug-likeness (QED) is 0.809. The van der Waals surface area contributed by atoms with Crippen molar-refractivity contribution in [1.29, 1.82) is 0 Å². The van der Waals surface area contributed by atoms with E-state index in [1.165, 1.54) is 0 Å². The van der Waals surface area contributed by atoms with Crippen LogP contribution in [0.1, 0.15) is 5.56 Å². The van der Waals surface area contributed by atoms with Gasteiger partial charge in [0.25, 0.3) is 0 Å². The van der Waals surface area contributed by atoms with Crippen LogP contribution < -0.4 is 10.6 Å². The number of nitrogens with one attached hydrogen (secondary N) is 2. The van der Waals surface area contributed by atoms with Gasteiger partial charge in [-0.2, -0.15) is 11.8 Å². The highest BCUT2D eigenvalue weighted by atomic mass is 32.2. The summed E-state index contributed by atoms with van der Waals surface area (Å²) in [7, 11) is 0. The second kappa shape index (κ2) is 7.31. The Morgan fingerprint density at radius 1 is 1.21 bits per heavy atom. The van der Waals surface area contributed by atoms with Gasteiger partial charge in [0.2, 0.25) is 11.8 Å². The molecule has 19 heavy (non-hydrogen) atoms. The predicted molar refractivity (Wildman–Crippen MR) is 77.0 cm³/mol. The van der Waals surface area contributed by atoms with E-state index in [1.54, 1.807) is 11.8 Å². The molecule has 1 heterocycles. The van der Waals surface area contributed by atoms with Crippen LogP contribution in [0, 0.1) is 5.92 Å². The van der Waals surface area contributed by atoms with Gasteiger partial charge in [-0.25, -0.2) is 0 Å². The molecule has 0 radical (unpaired) electrons. The molecule has 2 rings (SSSR count). The molecule has 1 fully saturated rings. The first-order valence-electron chi connectivity index (χ1n) is 6.39. The molecule has 2 amide bonds. The van der Waals surface area contributed by atoms with Gasteiger partial charge in [-0.15, -0.1) is 0 Å². The summed E-state index contributed by atoms with van der Waals surface area (Å²) in [6.45, 7) is 2.09. The van der Waals surface area contributed by atoms with Gasteiger partial charge in [0, 0.05) is 0 Å². The Morgan fingerprint density at radius 3 is 2.58 bits per heavy atom. The Balaban J connectivity index is 1.62. The Kier molecular flexibility index (Phi) is 5.42. The number of thioether (sulfide) groups is 1. The number of hydrogen-bond acceptors (Lipinski definition) is 4. The third kappa shape index (κ3) is 5.04. The highest BCUT2D eigenvalue weighted by molar-refractivity contribution is 7.99. The first-order valence-corrected chi connectivity index (χ1v) is 7.54. The van der Waals surface area contributed by atoms with Crippen molar-refractivity contribution < 1.29 is 9.59 Å². The molecule has 0 spiro atoms. The minimum Gasteiger partial charge on any atom is -0.316 e.